The summed E-state index contributed by atoms with van der Waals surface area (Å²) in [4.78, 5) is 4.68. The highest BCUT2D eigenvalue weighted by atomic mass is 16.5. The highest BCUT2D eigenvalue weighted by molar-refractivity contribution is 5.63. The number of nitrogens with one attached hydrogen (secondary N) is 1. The van der Waals surface area contributed by atoms with E-state index in [1.807, 2.05) is 48.0 Å². The monoisotopic (exact) mass is 344 g/mol. The van der Waals surface area contributed by atoms with E-state index in [2.05, 4.69) is 40.6 Å². The summed E-state index contributed by atoms with van der Waals surface area (Å²) >= 11 is 0. The highest BCUT2D eigenvalue weighted by Crippen LogP contribution is 2.23. The summed E-state index contributed by atoms with van der Waals surface area (Å²) in [6.07, 6.45) is 0.702. The molecule has 0 unspecified atom stereocenters. The molecule has 0 aliphatic carbocycles. The Hall–Kier alpha value is -3.34. The Morgan fingerprint density at radius 3 is 2.42 bits per heavy atom. The van der Waals surface area contributed by atoms with Crippen molar-refractivity contribution in [3.05, 3.63) is 78.1 Å². The van der Waals surface area contributed by atoms with E-state index in [0.29, 0.717) is 6.42 Å². The van der Waals surface area contributed by atoms with Crippen LogP contribution in [0.15, 0.2) is 66.7 Å². The smallest absolute Gasteiger partial charge is 0.156 e. The van der Waals surface area contributed by atoms with Gasteiger partial charge in [0.2, 0.25) is 0 Å². The van der Waals surface area contributed by atoms with Gasteiger partial charge in [-0.15, -0.1) is 0 Å². The number of aromatic nitrogens is 3. The second-order valence-electron chi connectivity index (χ2n) is 6.06. The van der Waals surface area contributed by atoms with Gasteiger partial charge in [-0.2, -0.15) is 5.10 Å². The normalized spacial score (nSPS) is 10.8. The molecule has 0 fully saturated rings. The molecule has 0 aliphatic heterocycles. The molecule has 1 N–H and O–H groups in total. The molecule has 2 aromatic heterocycles. The van der Waals surface area contributed by atoms with E-state index in [4.69, 9.17) is 9.84 Å². The van der Waals surface area contributed by atoms with Crippen molar-refractivity contribution in [2.24, 2.45) is 0 Å². The summed E-state index contributed by atoms with van der Waals surface area (Å²) in [5, 5.41) is 7.86. The van der Waals surface area contributed by atoms with Crippen molar-refractivity contribution in [1.29, 1.82) is 0 Å². The first-order valence-corrected chi connectivity index (χ1v) is 8.52. The minimum atomic E-state index is 0.702. The summed E-state index contributed by atoms with van der Waals surface area (Å²) in [7, 11) is 3.59. The van der Waals surface area contributed by atoms with E-state index >= 15 is 0 Å². The lowest BCUT2D eigenvalue weighted by molar-refractivity contribution is 0.415. The molecule has 0 bridgehead atoms. The third kappa shape index (κ3) is 3.11. The van der Waals surface area contributed by atoms with Gasteiger partial charge in [0.25, 0.3) is 0 Å². The van der Waals surface area contributed by atoms with Crippen LogP contribution in [0.4, 0.5) is 5.69 Å². The Morgan fingerprint density at radius 1 is 0.962 bits per heavy atom. The zero-order valence-corrected chi connectivity index (χ0v) is 14.8. The van der Waals surface area contributed by atoms with Crippen LogP contribution in [0, 0.1) is 0 Å². The Kier molecular flexibility index (Phi) is 4.27. The van der Waals surface area contributed by atoms with Crippen molar-refractivity contribution in [2.45, 2.75) is 6.42 Å². The zero-order chi connectivity index (χ0) is 17.9. The Bertz CT molecular complexity index is 1020. The lowest BCUT2D eigenvalue weighted by Crippen LogP contribution is -1.96. The highest BCUT2D eigenvalue weighted by Gasteiger charge is 2.09. The van der Waals surface area contributed by atoms with E-state index in [-0.39, 0.29) is 0 Å². The van der Waals surface area contributed by atoms with Gasteiger partial charge >= 0.3 is 0 Å². The van der Waals surface area contributed by atoms with E-state index in [1.54, 1.807) is 7.11 Å². The molecule has 0 aliphatic rings. The first kappa shape index (κ1) is 16.1. The van der Waals surface area contributed by atoms with Crippen molar-refractivity contribution in [3.63, 3.8) is 0 Å². The molecule has 2 aromatic carbocycles. The largest absolute Gasteiger partial charge is 0.497 e. The van der Waals surface area contributed by atoms with Crippen molar-refractivity contribution in [3.8, 4) is 17.0 Å². The lowest BCUT2D eigenvalue weighted by Gasteiger charge is -2.05. The van der Waals surface area contributed by atoms with Gasteiger partial charge in [0.1, 0.15) is 5.75 Å². The van der Waals surface area contributed by atoms with Gasteiger partial charge in [-0.1, -0.05) is 18.2 Å². The number of hydrogen-bond donors (Lipinski definition) is 1. The lowest BCUT2D eigenvalue weighted by atomic mass is 10.1. The van der Waals surface area contributed by atoms with Gasteiger partial charge in [0.15, 0.2) is 11.5 Å². The molecule has 130 valence electrons. The number of nitrogens with zero attached hydrogens (tertiary/aromatic N) is 3. The summed E-state index contributed by atoms with van der Waals surface area (Å²) in [5.41, 5.74) is 5.21. The molecular weight excluding hydrogens is 324 g/mol. The van der Waals surface area contributed by atoms with Crippen LogP contribution in [0.5, 0.6) is 5.75 Å². The van der Waals surface area contributed by atoms with Crippen LogP contribution in [0.1, 0.15) is 11.4 Å². The van der Waals surface area contributed by atoms with Crippen LogP contribution in [0.3, 0.4) is 0 Å². The molecule has 0 radical (unpaired) electrons. The second-order valence-corrected chi connectivity index (χ2v) is 6.06. The topological polar surface area (TPSA) is 51.5 Å². The maximum Gasteiger partial charge on any atom is 0.156 e. The van der Waals surface area contributed by atoms with Gasteiger partial charge in [0.05, 0.1) is 12.8 Å². The summed E-state index contributed by atoms with van der Waals surface area (Å²) in [6, 6.07) is 22.3. The minimum Gasteiger partial charge on any atom is -0.497 e. The predicted molar refractivity (Wildman–Crippen MR) is 104 cm³/mol. The molecule has 0 atom stereocenters. The zero-order valence-electron chi connectivity index (χ0n) is 14.8. The van der Waals surface area contributed by atoms with Crippen molar-refractivity contribution >= 4 is 11.3 Å². The number of methoxy groups -OCH3 is 1. The number of pyridine rings is 1. The molecule has 5 nitrogen and oxygen atoms in total. The number of anilines is 1. The number of fused-ring (bicyclic) bond motifs is 1. The fraction of sp³-hybridized carbons (Fsp3) is 0.143. The number of rotatable bonds is 5. The molecule has 0 saturated heterocycles. The first-order valence-electron chi connectivity index (χ1n) is 8.52. The molecule has 5 heteroatoms. The molecule has 4 aromatic rings. The van der Waals surface area contributed by atoms with Crippen LogP contribution < -0.4 is 10.1 Å². The second kappa shape index (κ2) is 6.88. The van der Waals surface area contributed by atoms with E-state index in [9.17, 15) is 0 Å². The maximum atomic E-state index is 5.24. The predicted octanol–water partition coefficient (Wildman–Crippen LogP) is 4.04. The Labute approximate surface area is 152 Å². The summed E-state index contributed by atoms with van der Waals surface area (Å²) < 4.78 is 7.14. The van der Waals surface area contributed by atoms with Crippen LogP contribution in [-0.2, 0) is 6.42 Å². The van der Waals surface area contributed by atoms with E-state index < -0.39 is 0 Å². The Balaban J connectivity index is 1.68. The van der Waals surface area contributed by atoms with Crippen LogP contribution in [-0.4, -0.2) is 28.8 Å². The Morgan fingerprint density at radius 2 is 1.73 bits per heavy atom. The van der Waals surface area contributed by atoms with Crippen LogP contribution in [0.25, 0.3) is 16.9 Å². The van der Waals surface area contributed by atoms with E-state index in [1.165, 1.54) is 5.56 Å². The number of ether oxygens (including phenoxy) is 1. The van der Waals surface area contributed by atoms with Crippen LogP contribution in [0.2, 0.25) is 0 Å². The van der Waals surface area contributed by atoms with Crippen molar-refractivity contribution in [2.75, 3.05) is 19.5 Å². The molecule has 0 saturated carbocycles. The van der Waals surface area contributed by atoms with Gasteiger partial charge < -0.3 is 10.1 Å². The molecule has 4 rings (SSSR count). The molecule has 0 spiro atoms. The molecule has 2 heterocycles. The third-order valence-corrected chi connectivity index (χ3v) is 4.39. The minimum absolute atomic E-state index is 0.702. The average Bonchev–Trinajstić information content (AvgIpc) is 3.11. The van der Waals surface area contributed by atoms with Gasteiger partial charge in [-0.3, -0.25) is 0 Å². The fourth-order valence-corrected chi connectivity index (χ4v) is 2.98. The standard InChI is InChI=1S/C21H20N4O/c1-22-17-10-6-15(7-11-17)14-20-23-21-5-3-4-19(25(21)24-20)16-8-12-18(26-2)13-9-16/h3-13,22H,14H2,1-2H3. The first-order chi connectivity index (χ1) is 12.8. The van der Waals surface area contributed by atoms with Gasteiger partial charge in [-0.05, 0) is 54.1 Å². The number of benzene rings is 2. The third-order valence-electron chi connectivity index (χ3n) is 4.39. The van der Waals surface area contributed by atoms with Gasteiger partial charge in [-0.25, -0.2) is 9.50 Å². The summed E-state index contributed by atoms with van der Waals surface area (Å²) in [6.45, 7) is 0. The van der Waals surface area contributed by atoms with Crippen LogP contribution >= 0.6 is 0 Å². The quantitative estimate of drug-likeness (QED) is 0.594. The molecule has 26 heavy (non-hydrogen) atoms. The van der Waals surface area contributed by atoms with Gasteiger partial charge in [0, 0.05) is 24.7 Å². The SMILES string of the molecule is CNc1ccc(Cc2nc3cccc(-c4ccc(OC)cc4)n3n2)cc1. The number of hydrogen-bond acceptors (Lipinski definition) is 4. The summed E-state index contributed by atoms with van der Waals surface area (Å²) in [5.74, 6) is 1.65. The average molecular weight is 344 g/mol. The van der Waals surface area contributed by atoms with E-state index in [0.717, 1.165) is 34.2 Å². The molecular formula is C21H20N4O. The van der Waals surface area contributed by atoms with Crippen molar-refractivity contribution in [1.82, 2.24) is 14.6 Å². The maximum absolute atomic E-state index is 5.24. The van der Waals surface area contributed by atoms with Crippen molar-refractivity contribution < 1.29 is 4.74 Å². The fourth-order valence-electron chi connectivity index (χ4n) is 2.98. The molecule has 0 amide bonds.